The SMILES string of the molecule is CCc1c(-c2ccccc2O)nc2nc(C)c(C)nn12. The number of nitrogens with zero attached hydrogens (tertiary/aromatic N) is 4. The maximum Gasteiger partial charge on any atom is 0.251 e. The summed E-state index contributed by atoms with van der Waals surface area (Å²) in [6.07, 6.45) is 0.766. The first-order valence-electron chi connectivity index (χ1n) is 6.63. The maximum atomic E-state index is 10.0. The van der Waals surface area contributed by atoms with E-state index in [1.807, 2.05) is 32.9 Å². The zero-order chi connectivity index (χ0) is 14.3. The molecule has 0 spiro atoms. The van der Waals surface area contributed by atoms with Gasteiger partial charge in [-0.05, 0) is 32.4 Å². The molecule has 0 aliphatic rings. The average molecular weight is 268 g/mol. The maximum absolute atomic E-state index is 10.0. The predicted molar refractivity (Wildman–Crippen MR) is 76.7 cm³/mol. The minimum atomic E-state index is 0.221. The predicted octanol–water partition coefficient (Wildman–Crippen LogP) is 2.68. The summed E-state index contributed by atoms with van der Waals surface area (Å²) < 4.78 is 1.77. The first-order valence-corrected chi connectivity index (χ1v) is 6.63. The molecular weight excluding hydrogens is 252 g/mol. The van der Waals surface area contributed by atoms with E-state index < -0.39 is 0 Å². The summed E-state index contributed by atoms with van der Waals surface area (Å²) in [6, 6.07) is 7.20. The molecule has 102 valence electrons. The monoisotopic (exact) mass is 268 g/mol. The van der Waals surface area contributed by atoms with Crippen LogP contribution in [0.2, 0.25) is 0 Å². The summed E-state index contributed by atoms with van der Waals surface area (Å²) in [5, 5.41) is 14.6. The Bertz CT molecular complexity index is 792. The summed E-state index contributed by atoms with van der Waals surface area (Å²) in [4.78, 5) is 9.01. The summed E-state index contributed by atoms with van der Waals surface area (Å²) in [7, 11) is 0. The molecule has 2 aromatic heterocycles. The summed E-state index contributed by atoms with van der Waals surface area (Å²) in [5.41, 5.74) is 4.17. The van der Waals surface area contributed by atoms with E-state index in [2.05, 4.69) is 15.1 Å². The smallest absolute Gasteiger partial charge is 0.251 e. The molecule has 0 radical (unpaired) electrons. The number of imidazole rings is 1. The van der Waals surface area contributed by atoms with Crippen LogP contribution in [0.5, 0.6) is 5.75 Å². The fraction of sp³-hybridized carbons (Fsp3) is 0.267. The van der Waals surface area contributed by atoms with Crippen LogP contribution >= 0.6 is 0 Å². The van der Waals surface area contributed by atoms with Gasteiger partial charge in [0.25, 0.3) is 5.78 Å². The van der Waals surface area contributed by atoms with Gasteiger partial charge in [0.15, 0.2) is 0 Å². The lowest BCUT2D eigenvalue weighted by molar-refractivity contribution is 0.477. The van der Waals surface area contributed by atoms with E-state index in [-0.39, 0.29) is 5.75 Å². The van der Waals surface area contributed by atoms with Crippen molar-refractivity contribution < 1.29 is 5.11 Å². The molecule has 20 heavy (non-hydrogen) atoms. The molecule has 5 heteroatoms. The Hall–Kier alpha value is -2.43. The number of aromatic nitrogens is 4. The van der Waals surface area contributed by atoms with E-state index >= 15 is 0 Å². The van der Waals surface area contributed by atoms with E-state index in [1.165, 1.54) is 0 Å². The number of fused-ring (bicyclic) bond motifs is 1. The van der Waals surface area contributed by atoms with Crippen LogP contribution in [0, 0.1) is 13.8 Å². The van der Waals surface area contributed by atoms with Crippen LogP contribution in [0.15, 0.2) is 24.3 Å². The Morgan fingerprint density at radius 2 is 1.85 bits per heavy atom. The number of aryl methyl sites for hydroxylation is 3. The molecule has 0 unspecified atom stereocenters. The number of para-hydroxylation sites is 1. The number of hydrogen-bond acceptors (Lipinski definition) is 4. The van der Waals surface area contributed by atoms with Crippen molar-refractivity contribution in [1.82, 2.24) is 19.6 Å². The molecule has 5 nitrogen and oxygen atoms in total. The molecule has 3 rings (SSSR count). The van der Waals surface area contributed by atoms with Crippen LogP contribution < -0.4 is 0 Å². The van der Waals surface area contributed by atoms with Gasteiger partial charge < -0.3 is 5.11 Å². The lowest BCUT2D eigenvalue weighted by atomic mass is 10.1. The molecule has 0 atom stereocenters. The van der Waals surface area contributed by atoms with Crippen molar-refractivity contribution >= 4 is 5.78 Å². The molecule has 0 aliphatic carbocycles. The van der Waals surface area contributed by atoms with Gasteiger partial charge in [-0.25, -0.2) is 14.5 Å². The Labute approximate surface area is 116 Å². The molecule has 0 saturated carbocycles. The van der Waals surface area contributed by atoms with Gasteiger partial charge >= 0.3 is 0 Å². The molecular formula is C15H16N4O. The average Bonchev–Trinajstić information content (AvgIpc) is 2.77. The van der Waals surface area contributed by atoms with Crippen molar-refractivity contribution in [3.63, 3.8) is 0 Å². The van der Waals surface area contributed by atoms with Crippen LogP contribution in [0.1, 0.15) is 24.0 Å². The van der Waals surface area contributed by atoms with E-state index in [0.29, 0.717) is 11.3 Å². The second-order valence-electron chi connectivity index (χ2n) is 4.77. The van der Waals surface area contributed by atoms with Crippen LogP contribution in [0.25, 0.3) is 17.0 Å². The van der Waals surface area contributed by atoms with Gasteiger partial charge in [0, 0.05) is 5.56 Å². The summed E-state index contributed by atoms with van der Waals surface area (Å²) >= 11 is 0. The molecule has 0 aliphatic heterocycles. The normalized spacial score (nSPS) is 11.2. The molecule has 0 bridgehead atoms. The summed E-state index contributed by atoms with van der Waals surface area (Å²) in [5.74, 6) is 0.794. The Morgan fingerprint density at radius 1 is 1.10 bits per heavy atom. The topological polar surface area (TPSA) is 63.3 Å². The quantitative estimate of drug-likeness (QED) is 0.776. The standard InChI is InChI=1S/C15H16N4O/c1-4-12-14(11-7-5-6-8-13(11)20)17-15-16-9(2)10(3)18-19(12)15/h5-8,20H,4H2,1-3H3. The largest absolute Gasteiger partial charge is 0.507 e. The molecule has 0 saturated heterocycles. The van der Waals surface area contributed by atoms with Crippen molar-refractivity contribution in [1.29, 1.82) is 0 Å². The van der Waals surface area contributed by atoms with Crippen molar-refractivity contribution in [3.05, 3.63) is 41.3 Å². The number of benzene rings is 1. The van der Waals surface area contributed by atoms with Gasteiger partial charge in [-0.15, -0.1) is 0 Å². The number of aromatic hydroxyl groups is 1. The van der Waals surface area contributed by atoms with E-state index in [9.17, 15) is 5.11 Å². The van der Waals surface area contributed by atoms with Gasteiger partial charge in [0.1, 0.15) is 5.75 Å². The first kappa shape index (κ1) is 12.6. The minimum Gasteiger partial charge on any atom is -0.507 e. The van der Waals surface area contributed by atoms with Gasteiger partial charge in [0.2, 0.25) is 0 Å². The third-order valence-corrected chi connectivity index (χ3v) is 3.47. The number of hydrogen-bond donors (Lipinski definition) is 1. The van der Waals surface area contributed by atoms with Crippen molar-refractivity contribution in [2.45, 2.75) is 27.2 Å². The highest BCUT2D eigenvalue weighted by molar-refractivity contribution is 5.70. The highest BCUT2D eigenvalue weighted by Crippen LogP contribution is 2.31. The Kier molecular flexibility index (Phi) is 2.89. The Balaban J connectivity index is 2.34. The van der Waals surface area contributed by atoms with Gasteiger partial charge in [-0.3, -0.25) is 0 Å². The number of phenols is 1. The van der Waals surface area contributed by atoms with E-state index in [1.54, 1.807) is 16.6 Å². The number of rotatable bonds is 2. The van der Waals surface area contributed by atoms with Crippen LogP contribution in [0.4, 0.5) is 0 Å². The highest BCUT2D eigenvalue weighted by Gasteiger charge is 2.17. The zero-order valence-electron chi connectivity index (χ0n) is 11.8. The van der Waals surface area contributed by atoms with Gasteiger partial charge in [-0.1, -0.05) is 19.1 Å². The molecule has 3 aromatic rings. The Morgan fingerprint density at radius 3 is 2.55 bits per heavy atom. The van der Waals surface area contributed by atoms with Gasteiger partial charge in [0.05, 0.1) is 22.8 Å². The van der Waals surface area contributed by atoms with E-state index in [0.717, 1.165) is 29.2 Å². The third-order valence-electron chi connectivity index (χ3n) is 3.47. The summed E-state index contributed by atoms with van der Waals surface area (Å²) in [6.45, 7) is 5.90. The van der Waals surface area contributed by atoms with Crippen molar-refractivity contribution in [2.75, 3.05) is 0 Å². The lowest BCUT2D eigenvalue weighted by Gasteiger charge is -2.04. The molecule has 1 aromatic carbocycles. The molecule has 2 heterocycles. The van der Waals surface area contributed by atoms with Gasteiger partial charge in [-0.2, -0.15) is 5.10 Å². The second-order valence-corrected chi connectivity index (χ2v) is 4.77. The van der Waals surface area contributed by atoms with Crippen molar-refractivity contribution in [2.24, 2.45) is 0 Å². The molecule has 0 fully saturated rings. The zero-order valence-corrected chi connectivity index (χ0v) is 11.8. The number of phenolic OH excluding ortho intramolecular Hbond substituents is 1. The molecule has 0 amide bonds. The fourth-order valence-electron chi connectivity index (χ4n) is 2.27. The first-order chi connectivity index (χ1) is 9.61. The molecule has 1 N–H and O–H groups in total. The highest BCUT2D eigenvalue weighted by atomic mass is 16.3. The fourth-order valence-corrected chi connectivity index (χ4v) is 2.27. The minimum absolute atomic E-state index is 0.221. The van der Waals surface area contributed by atoms with Crippen LogP contribution in [-0.4, -0.2) is 24.7 Å². The van der Waals surface area contributed by atoms with Crippen LogP contribution in [0.3, 0.4) is 0 Å². The van der Waals surface area contributed by atoms with Crippen molar-refractivity contribution in [3.8, 4) is 17.0 Å². The van der Waals surface area contributed by atoms with Crippen LogP contribution in [-0.2, 0) is 6.42 Å². The lowest BCUT2D eigenvalue weighted by Crippen LogP contribution is -2.03. The third kappa shape index (κ3) is 1.82. The van der Waals surface area contributed by atoms with E-state index in [4.69, 9.17) is 0 Å². The second kappa shape index (κ2) is 4.59.